The largest absolute Gasteiger partial charge is 0.472 e. The third-order valence-electron chi connectivity index (χ3n) is 2.33. The lowest BCUT2D eigenvalue weighted by atomic mass is 10.1. The summed E-state index contributed by atoms with van der Waals surface area (Å²) >= 11 is 0. The van der Waals surface area contributed by atoms with Gasteiger partial charge in [-0.05, 0) is 37.1 Å². The number of nitrogens with one attached hydrogen (secondary N) is 1. The Kier molecular flexibility index (Phi) is 2.89. The van der Waals surface area contributed by atoms with Crippen molar-refractivity contribution in [1.82, 2.24) is 5.43 Å². The van der Waals surface area contributed by atoms with Crippen LogP contribution in [-0.2, 0) is 6.42 Å². The first kappa shape index (κ1) is 10.0. The predicted molar refractivity (Wildman–Crippen MR) is 55.9 cm³/mol. The molecule has 0 aliphatic heterocycles. The normalized spacial score (nSPS) is 12.9. The average molecular weight is 206 g/mol. The Hall–Kier alpha value is -1.52. The van der Waals surface area contributed by atoms with Crippen LogP contribution in [0, 0.1) is 6.92 Å². The van der Waals surface area contributed by atoms with E-state index in [9.17, 15) is 0 Å². The van der Waals surface area contributed by atoms with Crippen LogP contribution in [0.3, 0.4) is 0 Å². The maximum Gasteiger partial charge on any atom is 0.122 e. The molecule has 4 nitrogen and oxygen atoms in total. The topological polar surface area (TPSA) is 64.3 Å². The molecule has 0 fully saturated rings. The van der Waals surface area contributed by atoms with Crippen LogP contribution in [0.5, 0.6) is 0 Å². The van der Waals surface area contributed by atoms with Gasteiger partial charge in [0.05, 0.1) is 18.6 Å². The lowest BCUT2D eigenvalue weighted by Gasteiger charge is -2.11. The first-order valence-corrected chi connectivity index (χ1v) is 4.83. The SMILES string of the molecule is Cc1ccc(C(Cc2ccoc2)NN)o1. The number of nitrogens with two attached hydrogens (primary N) is 1. The fourth-order valence-corrected chi connectivity index (χ4v) is 1.53. The van der Waals surface area contributed by atoms with Crippen molar-refractivity contribution in [2.45, 2.75) is 19.4 Å². The van der Waals surface area contributed by atoms with Crippen LogP contribution in [0.2, 0.25) is 0 Å². The van der Waals surface area contributed by atoms with E-state index in [1.807, 2.05) is 25.1 Å². The molecule has 0 radical (unpaired) electrons. The van der Waals surface area contributed by atoms with Crippen molar-refractivity contribution in [2.75, 3.05) is 0 Å². The standard InChI is InChI=1S/C11H14N2O2/c1-8-2-3-11(15-8)10(13-12)6-9-4-5-14-7-9/h2-5,7,10,13H,6,12H2,1H3. The molecule has 0 aromatic carbocycles. The molecule has 0 spiro atoms. The van der Waals surface area contributed by atoms with Gasteiger partial charge in [-0.1, -0.05) is 0 Å². The van der Waals surface area contributed by atoms with E-state index >= 15 is 0 Å². The molecule has 2 heterocycles. The van der Waals surface area contributed by atoms with Crippen LogP contribution in [0.1, 0.15) is 23.1 Å². The third-order valence-corrected chi connectivity index (χ3v) is 2.33. The number of rotatable bonds is 4. The smallest absolute Gasteiger partial charge is 0.122 e. The van der Waals surface area contributed by atoms with Gasteiger partial charge in [0, 0.05) is 0 Å². The molecule has 0 saturated carbocycles. The molecule has 3 N–H and O–H groups in total. The van der Waals surface area contributed by atoms with Gasteiger partial charge in [0.25, 0.3) is 0 Å². The molecule has 4 heteroatoms. The van der Waals surface area contributed by atoms with E-state index in [1.54, 1.807) is 12.5 Å². The Morgan fingerprint density at radius 2 is 2.27 bits per heavy atom. The maximum absolute atomic E-state index is 5.51. The predicted octanol–water partition coefficient (Wildman–Crippen LogP) is 1.93. The molecule has 0 saturated heterocycles. The summed E-state index contributed by atoms with van der Waals surface area (Å²) in [5.41, 5.74) is 3.82. The molecule has 1 unspecified atom stereocenters. The molecule has 0 bridgehead atoms. The van der Waals surface area contributed by atoms with Crippen molar-refractivity contribution < 1.29 is 8.83 Å². The molecule has 80 valence electrons. The average Bonchev–Trinajstić information content (AvgIpc) is 2.85. The van der Waals surface area contributed by atoms with Crippen LogP contribution in [0.4, 0.5) is 0 Å². The van der Waals surface area contributed by atoms with E-state index in [-0.39, 0.29) is 6.04 Å². The fraction of sp³-hybridized carbons (Fsp3) is 0.273. The number of hydrogen-bond acceptors (Lipinski definition) is 4. The van der Waals surface area contributed by atoms with Crippen molar-refractivity contribution in [3.8, 4) is 0 Å². The Labute approximate surface area is 88.0 Å². The van der Waals surface area contributed by atoms with E-state index in [1.165, 1.54) is 0 Å². The summed E-state index contributed by atoms with van der Waals surface area (Å²) in [4.78, 5) is 0. The van der Waals surface area contributed by atoms with Crippen LogP contribution in [-0.4, -0.2) is 0 Å². The van der Waals surface area contributed by atoms with Gasteiger partial charge in [0.2, 0.25) is 0 Å². The Balaban J connectivity index is 2.11. The van der Waals surface area contributed by atoms with Crippen LogP contribution >= 0.6 is 0 Å². The van der Waals surface area contributed by atoms with Gasteiger partial charge in [-0.25, -0.2) is 5.43 Å². The van der Waals surface area contributed by atoms with Crippen molar-refractivity contribution in [1.29, 1.82) is 0 Å². The summed E-state index contributed by atoms with van der Waals surface area (Å²) in [6.45, 7) is 1.91. The highest BCUT2D eigenvalue weighted by molar-refractivity contribution is 5.15. The highest BCUT2D eigenvalue weighted by Crippen LogP contribution is 2.20. The summed E-state index contributed by atoms with van der Waals surface area (Å²) in [5.74, 6) is 7.22. The van der Waals surface area contributed by atoms with E-state index < -0.39 is 0 Å². The van der Waals surface area contributed by atoms with Gasteiger partial charge in [-0.15, -0.1) is 0 Å². The molecule has 2 aromatic heterocycles. The van der Waals surface area contributed by atoms with Gasteiger partial charge >= 0.3 is 0 Å². The molecule has 2 rings (SSSR count). The number of furan rings is 2. The zero-order valence-electron chi connectivity index (χ0n) is 8.57. The third kappa shape index (κ3) is 2.29. The second kappa shape index (κ2) is 4.33. The molecule has 0 aliphatic rings. The molecule has 15 heavy (non-hydrogen) atoms. The summed E-state index contributed by atoms with van der Waals surface area (Å²) in [6.07, 6.45) is 4.11. The van der Waals surface area contributed by atoms with E-state index in [4.69, 9.17) is 14.7 Å². The Morgan fingerprint density at radius 1 is 1.40 bits per heavy atom. The molecule has 2 aromatic rings. The van der Waals surface area contributed by atoms with E-state index in [0.717, 1.165) is 23.5 Å². The number of hydrazine groups is 1. The monoisotopic (exact) mass is 206 g/mol. The summed E-state index contributed by atoms with van der Waals surface area (Å²) in [7, 11) is 0. The minimum absolute atomic E-state index is 0.0173. The first-order valence-electron chi connectivity index (χ1n) is 4.83. The molecule has 1 atom stereocenters. The minimum atomic E-state index is -0.0173. The zero-order valence-corrected chi connectivity index (χ0v) is 8.57. The fourth-order valence-electron chi connectivity index (χ4n) is 1.53. The number of aryl methyl sites for hydroxylation is 1. The summed E-state index contributed by atoms with van der Waals surface area (Å²) in [6, 6.07) is 5.76. The van der Waals surface area contributed by atoms with E-state index in [0.29, 0.717) is 0 Å². The van der Waals surface area contributed by atoms with Gasteiger partial charge < -0.3 is 8.83 Å². The van der Waals surface area contributed by atoms with Crippen LogP contribution in [0.25, 0.3) is 0 Å². The van der Waals surface area contributed by atoms with Gasteiger partial charge in [0.1, 0.15) is 11.5 Å². The summed E-state index contributed by atoms with van der Waals surface area (Å²) in [5, 5.41) is 0. The second-order valence-electron chi connectivity index (χ2n) is 3.50. The maximum atomic E-state index is 5.51. The van der Waals surface area contributed by atoms with Crippen LogP contribution < -0.4 is 11.3 Å². The number of hydrogen-bond donors (Lipinski definition) is 2. The van der Waals surface area contributed by atoms with Gasteiger partial charge in [0.15, 0.2) is 0 Å². The quantitative estimate of drug-likeness (QED) is 0.592. The molecule has 0 aliphatic carbocycles. The highest BCUT2D eigenvalue weighted by Gasteiger charge is 2.14. The van der Waals surface area contributed by atoms with Crippen molar-refractivity contribution in [2.24, 2.45) is 5.84 Å². The highest BCUT2D eigenvalue weighted by atomic mass is 16.3. The second-order valence-corrected chi connectivity index (χ2v) is 3.50. The van der Waals surface area contributed by atoms with Crippen molar-refractivity contribution in [3.05, 3.63) is 47.8 Å². The summed E-state index contributed by atoms with van der Waals surface area (Å²) < 4.78 is 10.5. The molecular formula is C11H14N2O2. The van der Waals surface area contributed by atoms with Gasteiger partial charge in [-0.3, -0.25) is 5.84 Å². The Bertz CT molecular complexity index is 406. The lowest BCUT2D eigenvalue weighted by molar-refractivity contribution is 0.402. The van der Waals surface area contributed by atoms with Crippen LogP contribution in [0.15, 0.2) is 39.6 Å². The molecular weight excluding hydrogens is 192 g/mol. The van der Waals surface area contributed by atoms with E-state index in [2.05, 4.69) is 5.43 Å². The Morgan fingerprint density at radius 3 is 2.80 bits per heavy atom. The first-order chi connectivity index (χ1) is 7.29. The minimum Gasteiger partial charge on any atom is -0.472 e. The molecule has 0 amide bonds. The van der Waals surface area contributed by atoms with Crippen molar-refractivity contribution in [3.63, 3.8) is 0 Å². The van der Waals surface area contributed by atoms with Gasteiger partial charge in [-0.2, -0.15) is 0 Å². The van der Waals surface area contributed by atoms with Crippen molar-refractivity contribution >= 4 is 0 Å². The zero-order chi connectivity index (χ0) is 10.7. The lowest BCUT2D eigenvalue weighted by Crippen LogP contribution is -2.29.